The molecule has 3 N–H and O–H groups in total. The number of hydrogen-bond donors (Lipinski definition) is 2. The molecule has 4 heteroatoms. The zero-order chi connectivity index (χ0) is 8.85. The Morgan fingerprint density at radius 2 is 2.00 bits per heavy atom. The van der Waals surface area contributed by atoms with Crippen LogP contribution in [-0.4, -0.2) is 17.9 Å². The Hall–Kier alpha value is -1.45. The average molecular weight is 154 g/mol. The summed E-state index contributed by atoms with van der Waals surface area (Å²) < 4.78 is 0. The van der Waals surface area contributed by atoms with Crippen molar-refractivity contribution < 1.29 is 9.59 Å². The van der Waals surface area contributed by atoms with Gasteiger partial charge in [-0.2, -0.15) is 0 Å². The number of carbonyl (C=O) groups excluding carboxylic acids is 2. The maximum absolute atomic E-state index is 10.5. The lowest BCUT2D eigenvalue weighted by Gasteiger charge is -1.96. The molecule has 0 spiro atoms. The van der Waals surface area contributed by atoms with E-state index in [1.54, 1.807) is 0 Å². The van der Waals surface area contributed by atoms with Crippen LogP contribution in [0.5, 0.6) is 0 Å². The van der Waals surface area contributed by atoms with Gasteiger partial charge < -0.3 is 11.1 Å². The van der Waals surface area contributed by atoms with Gasteiger partial charge in [-0.15, -0.1) is 0 Å². The minimum Gasteiger partial charge on any atom is -0.366 e. The molecule has 0 saturated carbocycles. The first kappa shape index (κ1) is 9.55. The first-order chi connectivity index (χ1) is 5.07. The molecule has 0 heterocycles. The Bertz CT molecular complexity index is 208. The molecule has 0 aliphatic heterocycles. The molecule has 0 atom stereocenters. The van der Waals surface area contributed by atoms with Crippen LogP contribution in [0.2, 0.25) is 0 Å². The van der Waals surface area contributed by atoms with Gasteiger partial charge in [0.1, 0.15) is 0 Å². The van der Waals surface area contributed by atoms with Gasteiger partial charge in [0.2, 0.25) is 5.91 Å². The Balaban J connectivity index is 3.71. The molecule has 0 aromatic heterocycles. The first-order valence-electron chi connectivity index (χ1n) is 3.08. The van der Waals surface area contributed by atoms with Gasteiger partial charge in [0.25, 0.3) is 0 Å². The predicted octanol–water partition coefficient (Wildman–Crippen LogP) is 0.0268. The summed E-state index contributed by atoms with van der Waals surface area (Å²) in [6.45, 7) is 3.36. The normalized spacial score (nSPS) is 8.73. The molecule has 0 bridgehead atoms. The van der Waals surface area contributed by atoms with Crippen LogP contribution in [0.15, 0.2) is 12.2 Å². The number of nitrogens with one attached hydrogen (secondary N) is 1. The van der Waals surface area contributed by atoms with Gasteiger partial charge >= 0.3 is 0 Å². The minimum atomic E-state index is -0.595. The van der Waals surface area contributed by atoms with E-state index in [2.05, 4.69) is 6.58 Å². The monoisotopic (exact) mass is 154 g/mol. The first-order valence-corrected chi connectivity index (χ1v) is 3.08. The van der Waals surface area contributed by atoms with Gasteiger partial charge in [0, 0.05) is 12.0 Å². The van der Waals surface area contributed by atoms with Crippen molar-refractivity contribution in [1.82, 2.24) is 0 Å². The molecule has 0 unspecified atom stereocenters. The molecule has 0 fully saturated rings. The molecule has 1 amide bonds. The summed E-state index contributed by atoms with van der Waals surface area (Å²) in [7, 11) is 0. The van der Waals surface area contributed by atoms with Crippen LogP contribution >= 0.6 is 0 Å². The zero-order valence-corrected chi connectivity index (χ0v) is 6.09. The summed E-state index contributed by atoms with van der Waals surface area (Å²) in [5, 5.41) is 6.54. The zero-order valence-electron chi connectivity index (χ0n) is 6.09. The summed E-state index contributed by atoms with van der Waals surface area (Å²) >= 11 is 0. The molecule has 0 aromatic rings. The number of nitrogens with two attached hydrogens (primary N) is 1. The summed E-state index contributed by atoms with van der Waals surface area (Å²) in [6.07, 6.45) is 1.09. The van der Waals surface area contributed by atoms with Crippen LogP contribution in [0.25, 0.3) is 0 Å². The molecule has 4 nitrogen and oxygen atoms in total. The third-order valence-electron chi connectivity index (χ3n) is 1.18. The molecule has 0 saturated heterocycles. The fourth-order valence-corrected chi connectivity index (χ4v) is 0.469. The molecule has 0 rings (SSSR count). The second-order valence-electron chi connectivity index (χ2n) is 2.08. The number of ketones is 1. The van der Waals surface area contributed by atoms with E-state index in [0.29, 0.717) is 6.21 Å². The Morgan fingerprint density at radius 1 is 1.45 bits per heavy atom. The van der Waals surface area contributed by atoms with Crippen LogP contribution < -0.4 is 5.73 Å². The predicted molar refractivity (Wildman–Crippen MR) is 41.4 cm³/mol. The van der Waals surface area contributed by atoms with Crippen LogP contribution in [0.3, 0.4) is 0 Å². The minimum absolute atomic E-state index is 0.130. The molecule has 0 radical (unpaired) electrons. The van der Waals surface area contributed by atoms with Crippen molar-refractivity contribution in [2.24, 2.45) is 5.73 Å². The smallest absolute Gasteiger partial charge is 0.244 e. The molecular formula is C7H10N2O2. The highest BCUT2D eigenvalue weighted by Crippen LogP contribution is 2.00. The Kier molecular flexibility index (Phi) is 3.80. The lowest BCUT2D eigenvalue weighted by molar-refractivity contribution is -0.114. The fraction of sp³-hybridized carbons (Fsp3) is 0.286. The van der Waals surface area contributed by atoms with Crippen LogP contribution in [0.4, 0.5) is 0 Å². The maximum atomic E-state index is 10.5. The lowest BCUT2D eigenvalue weighted by atomic mass is 10.1. The summed E-state index contributed by atoms with van der Waals surface area (Å²) in [6, 6.07) is 0. The van der Waals surface area contributed by atoms with Gasteiger partial charge in [-0.3, -0.25) is 9.59 Å². The standard InChI is InChI=1S/C7H10N2O2/c1-5(7(9)11)2-3-6(10)4-8/h4,8H,1-3H2,(H2,9,11). The Labute approximate surface area is 64.6 Å². The number of primary amides is 1. The third kappa shape index (κ3) is 4.02. The topological polar surface area (TPSA) is 84.0 Å². The third-order valence-corrected chi connectivity index (χ3v) is 1.18. The summed E-state index contributed by atoms with van der Waals surface area (Å²) in [5.41, 5.74) is 5.08. The summed E-state index contributed by atoms with van der Waals surface area (Å²) in [5.74, 6) is -0.921. The van der Waals surface area contributed by atoms with E-state index < -0.39 is 5.91 Å². The van der Waals surface area contributed by atoms with E-state index in [1.807, 2.05) is 0 Å². The average Bonchev–Trinajstić information content (AvgIpc) is 1.99. The van der Waals surface area contributed by atoms with E-state index in [9.17, 15) is 9.59 Å². The van der Waals surface area contributed by atoms with E-state index in [-0.39, 0.29) is 24.2 Å². The van der Waals surface area contributed by atoms with E-state index in [4.69, 9.17) is 11.1 Å². The van der Waals surface area contributed by atoms with E-state index >= 15 is 0 Å². The maximum Gasteiger partial charge on any atom is 0.244 e. The van der Waals surface area contributed by atoms with Gasteiger partial charge in [-0.1, -0.05) is 6.58 Å². The lowest BCUT2D eigenvalue weighted by Crippen LogP contribution is -2.14. The van der Waals surface area contributed by atoms with Crippen molar-refractivity contribution in [2.75, 3.05) is 0 Å². The van der Waals surface area contributed by atoms with Crippen molar-refractivity contribution in [1.29, 1.82) is 5.41 Å². The number of carbonyl (C=O) groups is 2. The second kappa shape index (κ2) is 4.38. The van der Waals surface area contributed by atoms with Gasteiger partial charge in [0.05, 0.1) is 6.21 Å². The van der Waals surface area contributed by atoms with Gasteiger partial charge in [-0.25, -0.2) is 0 Å². The molecule has 0 aromatic carbocycles. The number of Topliss-reactive ketones (excluding diaryl/α,β-unsaturated/α-hetero) is 1. The molecule has 11 heavy (non-hydrogen) atoms. The Morgan fingerprint density at radius 3 is 2.36 bits per heavy atom. The quantitative estimate of drug-likeness (QED) is 0.432. The highest BCUT2D eigenvalue weighted by Gasteiger charge is 2.03. The van der Waals surface area contributed by atoms with E-state index in [0.717, 1.165) is 0 Å². The molecule has 0 aliphatic rings. The highest BCUT2D eigenvalue weighted by atomic mass is 16.1. The SMILES string of the molecule is C=C(CCC(=O)C=N)C(N)=O. The summed E-state index contributed by atoms with van der Waals surface area (Å²) in [4.78, 5) is 20.9. The number of amides is 1. The molecule has 60 valence electrons. The number of hydrogen-bond acceptors (Lipinski definition) is 3. The van der Waals surface area contributed by atoms with Gasteiger partial charge in [-0.05, 0) is 6.42 Å². The van der Waals surface area contributed by atoms with E-state index in [1.165, 1.54) is 0 Å². The van der Waals surface area contributed by atoms with Crippen LogP contribution in [0.1, 0.15) is 12.8 Å². The van der Waals surface area contributed by atoms with Crippen molar-refractivity contribution in [3.05, 3.63) is 12.2 Å². The second-order valence-corrected chi connectivity index (χ2v) is 2.08. The van der Waals surface area contributed by atoms with Crippen molar-refractivity contribution >= 4 is 17.9 Å². The van der Waals surface area contributed by atoms with Crippen molar-refractivity contribution in [3.63, 3.8) is 0 Å². The highest BCUT2D eigenvalue weighted by molar-refractivity contribution is 6.26. The van der Waals surface area contributed by atoms with Crippen LogP contribution in [0, 0.1) is 5.41 Å². The largest absolute Gasteiger partial charge is 0.366 e. The molecule has 0 aliphatic carbocycles. The fourth-order valence-electron chi connectivity index (χ4n) is 0.469. The molecular weight excluding hydrogens is 144 g/mol. The van der Waals surface area contributed by atoms with Crippen LogP contribution in [-0.2, 0) is 9.59 Å². The number of rotatable bonds is 5. The van der Waals surface area contributed by atoms with Crippen molar-refractivity contribution in [2.45, 2.75) is 12.8 Å². The van der Waals surface area contributed by atoms with Crippen molar-refractivity contribution in [3.8, 4) is 0 Å². The van der Waals surface area contributed by atoms with Gasteiger partial charge in [0.15, 0.2) is 5.78 Å².